The second kappa shape index (κ2) is 6.82. The van der Waals surface area contributed by atoms with Gasteiger partial charge in [0.2, 0.25) is 0 Å². The van der Waals surface area contributed by atoms with Gasteiger partial charge in [0, 0.05) is 38.0 Å². The summed E-state index contributed by atoms with van der Waals surface area (Å²) in [7, 11) is 1.00. The first-order chi connectivity index (χ1) is 8.27. The molecule has 1 heterocycles. The van der Waals surface area contributed by atoms with Crippen LogP contribution in [-0.4, -0.2) is 43.4 Å². The van der Waals surface area contributed by atoms with Gasteiger partial charge >= 0.3 is 0 Å². The Kier molecular flexibility index (Phi) is 5.38. The summed E-state index contributed by atoms with van der Waals surface area (Å²) in [6, 6.07) is 6.63. The zero-order valence-corrected chi connectivity index (χ0v) is 9.70. The van der Waals surface area contributed by atoms with E-state index in [0.29, 0.717) is 0 Å². The van der Waals surface area contributed by atoms with Crippen LogP contribution in [0.4, 0.5) is 11.4 Å². The van der Waals surface area contributed by atoms with E-state index in [1.54, 1.807) is 12.1 Å². The second-order valence-electron chi connectivity index (χ2n) is 3.37. The van der Waals surface area contributed by atoms with Crippen LogP contribution in [0.1, 0.15) is 0 Å². The Labute approximate surface area is 99.6 Å². The Balaban J connectivity index is 0.000000686. The number of non-ortho nitro benzene ring substituents is 1. The molecule has 1 N–H and O–H groups in total. The minimum atomic E-state index is -0.386. The lowest BCUT2D eigenvalue weighted by Crippen LogP contribution is -2.36. The molecule has 0 atom stereocenters. The van der Waals surface area contributed by atoms with Crippen molar-refractivity contribution in [1.29, 1.82) is 0 Å². The lowest BCUT2D eigenvalue weighted by Gasteiger charge is -2.28. The molecule has 94 valence electrons. The molecule has 0 radical (unpaired) electrons. The van der Waals surface area contributed by atoms with E-state index in [2.05, 4.69) is 4.90 Å². The lowest BCUT2D eigenvalue weighted by atomic mass is 10.2. The van der Waals surface area contributed by atoms with Gasteiger partial charge in [0.05, 0.1) is 18.1 Å². The predicted molar refractivity (Wildman–Crippen MR) is 64.3 cm³/mol. The van der Waals surface area contributed by atoms with Crippen LogP contribution in [0.2, 0.25) is 0 Å². The van der Waals surface area contributed by atoms with Gasteiger partial charge in [-0.2, -0.15) is 0 Å². The average molecular weight is 240 g/mol. The topological polar surface area (TPSA) is 75.8 Å². The quantitative estimate of drug-likeness (QED) is 0.617. The Morgan fingerprint density at radius 3 is 2.24 bits per heavy atom. The highest BCUT2D eigenvalue weighted by Crippen LogP contribution is 2.19. The van der Waals surface area contributed by atoms with Crippen LogP contribution in [0.15, 0.2) is 24.3 Å². The van der Waals surface area contributed by atoms with Crippen molar-refractivity contribution >= 4 is 11.4 Å². The van der Waals surface area contributed by atoms with Crippen molar-refractivity contribution in [3.8, 4) is 0 Å². The normalized spacial score (nSPS) is 14.8. The number of anilines is 1. The molecule has 0 bridgehead atoms. The van der Waals surface area contributed by atoms with E-state index in [1.807, 2.05) is 0 Å². The summed E-state index contributed by atoms with van der Waals surface area (Å²) in [6.45, 7) is 3.13. The van der Waals surface area contributed by atoms with Gasteiger partial charge in [-0.25, -0.2) is 0 Å². The van der Waals surface area contributed by atoms with E-state index in [9.17, 15) is 10.1 Å². The van der Waals surface area contributed by atoms with Gasteiger partial charge in [0.15, 0.2) is 0 Å². The molecule has 1 aromatic rings. The van der Waals surface area contributed by atoms with E-state index in [0.717, 1.165) is 39.1 Å². The maximum absolute atomic E-state index is 10.5. The summed E-state index contributed by atoms with van der Waals surface area (Å²) in [5.41, 5.74) is 1.15. The fourth-order valence-electron chi connectivity index (χ4n) is 1.61. The highest BCUT2D eigenvalue weighted by atomic mass is 16.6. The molecule has 0 aromatic heterocycles. The van der Waals surface area contributed by atoms with Crippen molar-refractivity contribution in [2.24, 2.45) is 0 Å². The van der Waals surface area contributed by atoms with Crippen LogP contribution in [-0.2, 0) is 4.74 Å². The number of rotatable bonds is 2. The van der Waals surface area contributed by atoms with E-state index >= 15 is 0 Å². The molecule has 1 aliphatic heterocycles. The molecule has 17 heavy (non-hydrogen) atoms. The minimum absolute atomic E-state index is 0.131. The number of nitro benzene ring substituents is 1. The Morgan fingerprint density at radius 2 is 1.76 bits per heavy atom. The van der Waals surface area contributed by atoms with Crippen LogP contribution < -0.4 is 4.90 Å². The van der Waals surface area contributed by atoms with Crippen LogP contribution in [0.5, 0.6) is 0 Å². The van der Waals surface area contributed by atoms with Crippen LogP contribution in [0.25, 0.3) is 0 Å². The van der Waals surface area contributed by atoms with Crippen molar-refractivity contribution in [3.05, 3.63) is 34.4 Å². The summed E-state index contributed by atoms with van der Waals surface area (Å²) in [5.74, 6) is 0. The number of nitrogens with zero attached hydrogens (tertiary/aromatic N) is 2. The van der Waals surface area contributed by atoms with Crippen LogP contribution in [0, 0.1) is 10.1 Å². The molecule has 1 saturated heterocycles. The third kappa shape index (κ3) is 3.69. The number of aliphatic hydroxyl groups is 1. The van der Waals surface area contributed by atoms with Crippen molar-refractivity contribution in [1.82, 2.24) is 0 Å². The first-order valence-electron chi connectivity index (χ1n) is 5.29. The van der Waals surface area contributed by atoms with Crippen molar-refractivity contribution < 1.29 is 14.8 Å². The standard InChI is InChI=1S/C10H12N2O3.CH4O/c13-12(14)10-3-1-9(2-4-10)11-5-7-15-8-6-11;1-2/h1-4H,5-8H2;2H,1H3. The van der Waals surface area contributed by atoms with Crippen LogP contribution in [0.3, 0.4) is 0 Å². The van der Waals surface area contributed by atoms with Gasteiger partial charge in [-0.1, -0.05) is 0 Å². The van der Waals surface area contributed by atoms with Gasteiger partial charge in [-0.05, 0) is 12.1 Å². The summed E-state index contributed by atoms with van der Waals surface area (Å²) < 4.78 is 5.23. The van der Waals surface area contributed by atoms with Gasteiger partial charge in [0.25, 0.3) is 5.69 Å². The van der Waals surface area contributed by atoms with Crippen molar-refractivity contribution in [2.45, 2.75) is 0 Å². The smallest absolute Gasteiger partial charge is 0.269 e. The summed E-state index contributed by atoms with van der Waals surface area (Å²) >= 11 is 0. The van der Waals surface area contributed by atoms with E-state index in [1.165, 1.54) is 12.1 Å². The Morgan fingerprint density at radius 1 is 1.24 bits per heavy atom. The third-order valence-electron chi connectivity index (χ3n) is 2.44. The molecule has 2 rings (SSSR count). The number of hydrogen-bond donors (Lipinski definition) is 1. The first kappa shape index (κ1) is 13.4. The largest absolute Gasteiger partial charge is 0.400 e. The second-order valence-corrected chi connectivity index (χ2v) is 3.37. The van der Waals surface area contributed by atoms with Gasteiger partial charge in [-0.15, -0.1) is 0 Å². The molecule has 6 heteroatoms. The fraction of sp³-hybridized carbons (Fsp3) is 0.455. The Hall–Kier alpha value is -1.66. The summed E-state index contributed by atoms with van der Waals surface area (Å²) in [4.78, 5) is 12.2. The first-order valence-corrected chi connectivity index (χ1v) is 5.29. The molecule has 1 aromatic carbocycles. The molecule has 0 aliphatic carbocycles. The zero-order valence-electron chi connectivity index (χ0n) is 9.70. The predicted octanol–water partition coefficient (Wildman–Crippen LogP) is 1.04. The highest BCUT2D eigenvalue weighted by Gasteiger charge is 2.12. The van der Waals surface area contributed by atoms with Crippen molar-refractivity contribution in [2.75, 3.05) is 38.3 Å². The van der Waals surface area contributed by atoms with Crippen molar-refractivity contribution in [3.63, 3.8) is 0 Å². The number of morpholine rings is 1. The van der Waals surface area contributed by atoms with Crippen LogP contribution >= 0.6 is 0 Å². The van der Waals surface area contributed by atoms with E-state index in [-0.39, 0.29) is 10.6 Å². The molecular weight excluding hydrogens is 224 g/mol. The number of aliphatic hydroxyl groups excluding tert-OH is 1. The Bertz CT molecular complexity index is 347. The number of nitro groups is 1. The number of hydrogen-bond acceptors (Lipinski definition) is 5. The minimum Gasteiger partial charge on any atom is -0.400 e. The van der Waals surface area contributed by atoms with E-state index < -0.39 is 0 Å². The molecule has 0 spiro atoms. The zero-order chi connectivity index (χ0) is 12.7. The third-order valence-corrected chi connectivity index (χ3v) is 2.44. The number of ether oxygens (including phenoxy) is 1. The van der Waals surface area contributed by atoms with Gasteiger partial charge in [0.1, 0.15) is 0 Å². The molecular formula is C11H16N2O4. The maximum atomic E-state index is 10.5. The molecule has 6 nitrogen and oxygen atoms in total. The fourth-order valence-corrected chi connectivity index (χ4v) is 1.61. The van der Waals surface area contributed by atoms with E-state index in [4.69, 9.17) is 9.84 Å². The molecule has 0 amide bonds. The molecule has 1 aliphatic rings. The van der Waals surface area contributed by atoms with Gasteiger partial charge in [-0.3, -0.25) is 10.1 Å². The SMILES string of the molecule is CO.O=[N+]([O-])c1ccc(N2CCOCC2)cc1. The number of benzene rings is 1. The summed E-state index contributed by atoms with van der Waals surface area (Å²) in [5, 5.41) is 17.5. The average Bonchev–Trinajstić information content (AvgIpc) is 2.42. The highest BCUT2D eigenvalue weighted by molar-refractivity contribution is 5.51. The monoisotopic (exact) mass is 240 g/mol. The molecule has 0 unspecified atom stereocenters. The van der Waals surface area contributed by atoms with Gasteiger partial charge < -0.3 is 14.7 Å². The molecule has 0 saturated carbocycles. The molecule has 1 fully saturated rings. The lowest BCUT2D eigenvalue weighted by molar-refractivity contribution is -0.384. The summed E-state index contributed by atoms with van der Waals surface area (Å²) in [6.07, 6.45) is 0. The maximum Gasteiger partial charge on any atom is 0.269 e.